The SMILES string of the molecule is FC(F)(F)CNCc1cnn(-c2ccccc2)n1. The van der Waals surface area contributed by atoms with E-state index in [0.717, 1.165) is 5.69 Å². The van der Waals surface area contributed by atoms with Crippen molar-refractivity contribution in [3.63, 3.8) is 0 Å². The summed E-state index contributed by atoms with van der Waals surface area (Å²) in [7, 11) is 0. The van der Waals surface area contributed by atoms with Crippen LogP contribution in [0.2, 0.25) is 0 Å². The predicted octanol–water partition coefficient (Wildman–Crippen LogP) is 1.92. The van der Waals surface area contributed by atoms with E-state index in [9.17, 15) is 13.2 Å². The van der Waals surface area contributed by atoms with Crippen molar-refractivity contribution in [2.24, 2.45) is 0 Å². The zero-order valence-electron chi connectivity index (χ0n) is 9.35. The Hall–Kier alpha value is -1.89. The zero-order valence-corrected chi connectivity index (χ0v) is 9.35. The Morgan fingerprint density at radius 2 is 1.89 bits per heavy atom. The summed E-state index contributed by atoms with van der Waals surface area (Å²) < 4.78 is 35.8. The number of halogens is 3. The monoisotopic (exact) mass is 256 g/mol. The van der Waals surface area contributed by atoms with E-state index < -0.39 is 12.7 Å². The van der Waals surface area contributed by atoms with Crippen LogP contribution in [0.4, 0.5) is 13.2 Å². The highest BCUT2D eigenvalue weighted by molar-refractivity contribution is 5.28. The maximum Gasteiger partial charge on any atom is 0.401 e. The number of benzene rings is 1. The average Bonchev–Trinajstić information content (AvgIpc) is 2.77. The number of aromatic nitrogens is 3. The lowest BCUT2D eigenvalue weighted by Crippen LogP contribution is -2.28. The summed E-state index contributed by atoms with van der Waals surface area (Å²) in [5, 5.41) is 10.3. The minimum atomic E-state index is -4.21. The van der Waals surface area contributed by atoms with Gasteiger partial charge in [0.2, 0.25) is 0 Å². The van der Waals surface area contributed by atoms with E-state index in [-0.39, 0.29) is 6.54 Å². The van der Waals surface area contributed by atoms with E-state index in [4.69, 9.17) is 0 Å². The van der Waals surface area contributed by atoms with Crippen molar-refractivity contribution in [1.29, 1.82) is 0 Å². The lowest BCUT2D eigenvalue weighted by molar-refractivity contribution is -0.125. The first-order valence-corrected chi connectivity index (χ1v) is 5.29. The van der Waals surface area contributed by atoms with Gasteiger partial charge in [0.25, 0.3) is 0 Å². The molecule has 0 aliphatic rings. The molecule has 1 N–H and O–H groups in total. The summed E-state index contributed by atoms with van der Waals surface area (Å²) in [4.78, 5) is 1.38. The molecule has 0 aliphatic heterocycles. The first kappa shape index (κ1) is 12.6. The van der Waals surface area contributed by atoms with Crippen LogP contribution < -0.4 is 5.32 Å². The molecule has 4 nitrogen and oxygen atoms in total. The molecule has 0 unspecified atom stereocenters. The molecule has 2 rings (SSSR count). The molecule has 0 saturated carbocycles. The molecule has 1 aromatic heterocycles. The van der Waals surface area contributed by atoms with Gasteiger partial charge in [0.05, 0.1) is 24.1 Å². The highest BCUT2D eigenvalue weighted by Crippen LogP contribution is 2.12. The van der Waals surface area contributed by atoms with Gasteiger partial charge in [-0.2, -0.15) is 28.2 Å². The summed E-state index contributed by atoms with van der Waals surface area (Å²) >= 11 is 0. The van der Waals surface area contributed by atoms with Crippen LogP contribution in [-0.4, -0.2) is 27.7 Å². The third-order valence-electron chi connectivity index (χ3n) is 2.16. The Morgan fingerprint density at radius 3 is 2.56 bits per heavy atom. The van der Waals surface area contributed by atoms with Crippen LogP contribution in [0, 0.1) is 0 Å². The number of para-hydroxylation sites is 1. The molecular formula is C11H11F3N4. The quantitative estimate of drug-likeness (QED) is 0.908. The Labute approximate surface area is 101 Å². The molecule has 0 amide bonds. The number of rotatable bonds is 4. The predicted molar refractivity (Wildman–Crippen MR) is 59.1 cm³/mol. The molecule has 0 radical (unpaired) electrons. The largest absolute Gasteiger partial charge is 0.401 e. The Morgan fingerprint density at radius 1 is 1.17 bits per heavy atom. The summed E-state index contributed by atoms with van der Waals surface area (Å²) in [6.07, 6.45) is -2.77. The van der Waals surface area contributed by atoms with Crippen LogP contribution in [0.5, 0.6) is 0 Å². The molecule has 96 valence electrons. The summed E-state index contributed by atoms with van der Waals surface area (Å²) in [6.45, 7) is -1.00. The van der Waals surface area contributed by atoms with E-state index >= 15 is 0 Å². The molecule has 0 fully saturated rings. The van der Waals surface area contributed by atoms with Gasteiger partial charge in [-0.15, -0.1) is 0 Å². The summed E-state index contributed by atoms with van der Waals surface area (Å²) in [5.41, 5.74) is 1.22. The molecule has 7 heteroatoms. The lowest BCUT2D eigenvalue weighted by atomic mass is 10.3. The van der Waals surface area contributed by atoms with Gasteiger partial charge < -0.3 is 5.32 Å². The summed E-state index contributed by atoms with van der Waals surface area (Å²) in [5.74, 6) is 0. The maximum atomic E-state index is 11.9. The lowest BCUT2D eigenvalue weighted by Gasteiger charge is -2.05. The van der Waals surface area contributed by atoms with Crippen LogP contribution in [0.15, 0.2) is 36.5 Å². The second-order valence-electron chi connectivity index (χ2n) is 3.68. The molecule has 0 saturated heterocycles. The highest BCUT2D eigenvalue weighted by Gasteiger charge is 2.26. The Kier molecular flexibility index (Phi) is 3.61. The van der Waals surface area contributed by atoms with Crippen molar-refractivity contribution in [1.82, 2.24) is 20.3 Å². The Bertz CT molecular complexity index is 492. The number of hydrogen-bond donors (Lipinski definition) is 1. The van der Waals surface area contributed by atoms with Crippen molar-refractivity contribution in [3.8, 4) is 5.69 Å². The number of hydrogen-bond acceptors (Lipinski definition) is 3. The van der Waals surface area contributed by atoms with Gasteiger partial charge in [-0.25, -0.2) is 0 Å². The second-order valence-corrected chi connectivity index (χ2v) is 3.68. The minimum Gasteiger partial charge on any atom is -0.303 e. The van der Waals surface area contributed by atoms with Crippen molar-refractivity contribution < 1.29 is 13.2 Å². The fourth-order valence-corrected chi connectivity index (χ4v) is 1.39. The van der Waals surface area contributed by atoms with Gasteiger partial charge in [0, 0.05) is 6.54 Å². The van der Waals surface area contributed by atoms with Crippen LogP contribution in [0.25, 0.3) is 5.69 Å². The smallest absolute Gasteiger partial charge is 0.303 e. The van der Waals surface area contributed by atoms with Gasteiger partial charge in [0.15, 0.2) is 0 Å². The van der Waals surface area contributed by atoms with E-state index in [1.54, 1.807) is 0 Å². The minimum absolute atomic E-state index is 0.0341. The molecular weight excluding hydrogens is 245 g/mol. The molecule has 2 aromatic rings. The normalized spacial score (nSPS) is 11.7. The van der Waals surface area contributed by atoms with E-state index in [2.05, 4.69) is 15.5 Å². The maximum absolute atomic E-state index is 11.9. The molecule has 0 spiro atoms. The number of nitrogens with zero attached hydrogens (tertiary/aromatic N) is 3. The van der Waals surface area contributed by atoms with Crippen molar-refractivity contribution >= 4 is 0 Å². The molecule has 0 bridgehead atoms. The van der Waals surface area contributed by atoms with Gasteiger partial charge in [-0.1, -0.05) is 18.2 Å². The molecule has 1 heterocycles. The third-order valence-corrected chi connectivity index (χ3v) is 2.16. The van der Waals surface area contributed by atoms with Crippen molar-refractivity contribution in [2.75, 3.05) is 6.54 Å². The summed E-state index contributed by atoms with van der Waals surface area (Å²) in [6, 6.07) is 9.15. The van der Waals surface area contributed by atoms with Crippen molar-refractivity contribution in [2.45, 2.75) is 12.7 Å². The molecule has 1 aromatic carbocycles. The zero-order chi connectivity index (χ0) is 13.0. The molecule has 18 heavy (non-hydrogen) atoms. The second kappa shape index (κ2) is 5.18. The number of alkyl halides is 3. The van der Waals surface area contributed by atoms with E-state index in [0.29, 0.717) is 5.69 Å². The molecule has 0 atom stereocenters. The van der Waals surface area contributed by atoms with Gasteiger partial charge >= 0.3 is 6.18 Å². The van der Waals surface area contributed by atoms with E-state index in [1.807, 2.05) is 30.3 Å². The Balaban J connectivity index is 1.95. The van der Waals surface area contributed by atoms with Crippen molar-refractivity contribution in [3.05, 3.63) is 42.2 Å². The van der Waals surface area contributed by atoms with Gasteiger partial charge in [-0.05, 0) is 12.1 Å². The fourth-order valence-electron chi connectivity index (χ4n) is 1.39. The standard InChI is InChI=1S/C11H11F3N4/c12-11(13,14)8-15-6-9-7-16-18(17-9)10-4-2-1-3-5-10/h1-5,7,15H,6,8H2. The highest BCUT2D eigenvalue weighted by atomic mass is 19.4. The molecule has 0 aliphatic carbocycles. The fraction of sp³-hybridized carbons (Fsp3) is 0.273. The van der Waals surface area contributed by atoms with Crippen LogP contribution in [0.3, 0.4) is 0 Å². The topological polar surface area (TPSA) is 42.7 Å². The first-order chi connectivity index (χ1) is 8.54. The third kappa shape index (κ3) is 3.56. The van der Waals surface area contributed by atoms with E-state index in [1.165, 1.54) is 11.0 Å². The average molecular weight is 256 g/mol. The van der Waals surface area contributed by atoms with Gasteiger partial charge in [0.1, 0.15) is 0 Å². The first-order valence-electron chi connectivity index (χ1n) is 5.29. The van der Waals surface area contributed by atoms with Crippen LogP contribution >= 0.6 is 0 Å². The number of nitrogens with one attached hydrogen (secondary N) is 1. The van der Waals surface area contributed by atoms with Crippen LogP contribution in [0.1, 0.15) is 5.69 Å². The van der Waals surface area contributed by atoms with Crippen LogP contribution in [-0.2, 0) is 6.54 Å². The van der Waals surface area contributed by atoms with Gasteiger partial charge in [-0.3, -0.25) is 0 Å².